The van der Waals surface area contributed by atoms with Crippen LogP contribution >= 0.6 is 28.3 Å². The first-order valence-electron chi connectivity index (χ1n) is 7.81. The lowest BCUT2D eigenvalue weighted by atomic mass is 9.72. The third-order valence-corrected chi connectivity index (χ3v) is 5.55. The van der Waals surface area contributed by atoms with E-state index in [1.54, 1.807) is 0 Å². The Morgan fingerprint density at radius 1 is 1.38 bits per heavy atom. The summed E-state index contributed by atoms with van der Waals surface area (Å²) in [6, 6.07) is 6.78. The van der Waals surface area contributed by atoms with Crippen LogP contribution in [0, 0.1) is 5.92 Å². The van der Waals surface area contributed by atoms with E-state index in [-0.39, 0.29) is 12.4 Å². The van der Waals surface area contributed by atoms with Crippen LogP contribution in [-0.4, -0.2) is 34.5 Å². The van der Waals surface area contributed by atoms with Crippen molar-refractivity contribution in [2.75, 3.05) is 18.4 Å². The van der Waals surface area contributed by atoms with Crippen LogP contribution in [0.4, 0.5) is 0 Å². The highest BCUT2D eigenvalue weighted by molar-refractivity contribution is 9.09. The number of phenolic OH excluding ortho intramolecular Hbond substituents is 1. The number of nitrogens with zero attached hydrogens (tertiary/aromatic N) is 1. The van der Waals surface area contributed by atoms with E-state index in [2.05, 4.69) is 33.8 Å². The number of piperidine rings is 1. The third kappa shape index (κ3) is 3.40. The van der Waals surface area contributed by atoms with Crippen LogP contribution in [0.25, 0.3) is 0 Å². The van der Waals surface area contributed by atoms with E-state index in [4.69, 9.17) is 0 Å². The van der Waals surface area contributed by atoms with Crippen molar-refractivity contribution in [1.82, 2.24) is 4.90 Å². The average Bonchev–Trinajstić information content (AvgIpc) is 2.45. The molecule has 1 fully saturated rings. The van der Waals surface area contributed by atoms with E-state index in [1.807, 2.05) is 12.1 Å². The van der Waals surface area contributed by atoms with Gasteiger partial charge < -0.3 is 5.11 Å². The summed E-state index contributed by atoms with van der Waals surface area (Å²) in [5.74, 6) is 1.87. The van der Waals surface area contributed by atoms with Gasteiger partial charge in [0.1, 0.15) is 5.75 Å². The lowest BCUT2D eigenvalue weighted by molar-refractivity contribution is 0.0813. The third-order valence-electron chi connectivity index (χ3n) is 4.99. The van der Waals surface area contributed by atoms with Crippen LogP contribution in [-0.2, 0) is 6.42 Å². The lowest BCUT2D eigenvalue weighted by Crippen LogP contribution is -2.49. The summed E-state index contributed by atoms with van der Waals surface area (Å²) >= 11 is 3.55. The quantitative estimate of drug-likeness (QED) is 0.796. The fourth-order valence-corrected chi connectivity index (χ4v) is 4.45. The van der Waals surface area contributed by atoms with E-state index in [9.17, 15) is 5.11 Å². The summed E-state index contributed by atoms with van der Waals surface area (Å²) in [5.41, 5.74) is 2.62. The van der Waals surface area contributed by atoms with Gasteiger partial charge in [-0.3, -0.25) is 4.90 Å². The molecule has 0 spiro atoms. The van der Waals surface area contributed by atoms with Gasteiger partial charge >= 0.3 is 0 Å². The zero-order chi connectivity index (χ0) is 14.1. The molecule has 0 amide bonds. The van der Waals surface area contributed by atoms with Gasteiger partial charge in [0.05, 0.1) is 0 Å². The Balaban J connectivity index is 0.00000161. The normalized spacial score (nSPS) is 28.4. The number of fused-ring (bicyclic) bond motifs is 3. The molecule has 1 aromatic rings. The summed E-state index contributed by atoms with van der Waals surface area (Å²) in [6.45, 7) is 4.81. The minimum Gasteiger partial charge on any atom is -0.508 e. The zero-order valence-electron chi connectivity index (χ0n) is 12.6. The number of aromatic hydroxyl groups is 1. The molecular weight excluding hydrogens is 350 g/mol. The highest BCUT2D eigenvalue weighted by atomic mass is 79.9. The SMILES string of the molecule is CC1CC2c3cccc(O)c3CCC2N(CCCBr)C1.Cl. The number of alkyl halides is 1. The lowest BCUT2D eigenvalue weighted by Gasteiger charge is -2.47. The molecule has 0 aromatic heterocycles. The molecule has 3 atom stereocenters. The van der Waals surface area contributed by atoms with Gasteiger partial charge in [0.15, 0.2) is 0 Å². The predicted octanol–water partition coefficient (Wildman–Crippen LogP) is 4.34. The second-order valence-electron chi connectivity index (χ2n) is 6.44. The monoisotopic (exact) mass is 373 g/mol. The first-order chi connectivity index (χ1) is 9.70. The van der Waals surface area contributed by atoms with Gasteiger partial charge in [-0.15, -0.1) is 12.4 Å². The maximum Gasteiger partial charge on any atom is 0.119 e. The number of likely N-dealkylation sites (tertiary alicyclic amines) is 1. The van der Waals surface area contributed by atoms with Gasteiger partial charge in [0.2, 0.25) is 0 Å². The van der Waals surface area contributed by atoms with Gasteiger partial charge in [-0.2, -0.15) is 0 Å². The van der Waals surface area contributed by atoms with Crippen molar-refractivity contribution in [1.29, 1.82) is 0 Å². The van der Waals surface area contributed by atoms with Crippen LogP contribution in [0.1, 0.15) is 43.2 Å². The Kier molecular flexibility index (Phi) is 5.98. The first kappa shape index (κ1) is 17.1. The fourth-order valence-electron chi connectivity index (χ4n) is 4.20. The van der Waals surface area contributed by atoms with Crippen molar-refractivity contribution in [3.05, 3.63) is 29.3 Å². The maximum absolute atomic E-state index is 10.1. The van der Waals surface area contributed by atoms with Crippen molar-refractivity contribution >= 4 is 28.3 Å². The number of phenols is 1. The van der Waals surface area contributed by atoms with Crippen LogP contribution in [0.5, 0.6) is 5.75 Å². The molecule has 0 bridgehead atoms. The molecule has 1 saturated heterocycles. The van der Waals surface area contributed by atoms with Crippen LogP contribution < -0.4 is 0 Å². The Hall–Kier alpha value is -0.250. The molecule has 3 rings (SSSR count). The van der Waals surface area contributed by atoms with Crippen molar-refractivity contribution in [2.45, 2.75) is 44.6 Å². The molecule has 2 nitrogen and oxygen atoms in total. The summed E-state index contributed by atoms with van der Waals surface area (Å²) < 4.78 is 0. The Morgan fingerprint density at radius 3 is 2.95 bits per heavy atom. The number of rotatable bonds is 3. The van der Waals surface area contributed by atoms with E-state index in [0.29, 0.717) is 17.7 Å². The van der Waals surface area contributed by atoms with E-state index in [1.165, 1.54) is 43.5 Å². The molecule has 118 valence electrons. The van der Waals surface area contributed by atoms with Crippen molar-refractivity contribution in [3.8, 4) is 5.75 Å². The maximum atomic E-state index is 10.1. The second kappa shape index (κ2) is 7.34. The summed E-state index contributed by atoms with van der Waals surface area (Å²) in [5, 5.41) is 11.2. The molecule has 4 heteroatoms. The van der Waals surface area contributed by atoms with Crippen LogP contribution in [0.15, 0.2) is 18.2 Å². The van der Waals surface area contributed by atoms with E-state index in [0.717, 1.165) is 17.7 Å². The van der Waals surface area contributed by atoms with Crippen LogP contribution in [0.2, 0.25) is 0 Å². The van der Waals surface area contributed by atoms with Crippen molar-refractivity contribution in [3.63, 3.8) is 0 Å². The van der Waals surface area contributed by atoms with Gasteiger partial charge in [0, 0.05) is 23.8 Å². The van der Waals surface area contributed by atoms with Crippen molar-refractivity contribution in [2.24, 2.45) is 5.92 Å². The molecule has 0 radical (unpaired) electrons. The summed E-state index contributed by atoms with van der Waals surface area (Å²) in [7, 11) is 0. The predicted molar refractivity (Wildman–Crippen MR) is 94.0 cm³/mol. The minimum atomic E-state index is 0. The number of hydrogen-bond donors (Lipinski definition) is 1. The second-order valence-corrected chi connectivity index (χ2v) is 7.23. The minimum absolute atomic E-state index is 0. The largest absolute Gasteiger partial charge is 0.508 e. The molecule has 1 N–H and O–H groups in total. The Bertz CT molecular complexity index is 482. The average molecular weight is 375 g/mol. The Morgan fingerprint density at radius 2 is 2.19 bits per heavy atom. The Labute approximate surface area is 142 Å². The number of hydrogen-bond acceptors (Lipinski definition) is 2. The molecule has 0 saturated carbocycles. The van der Waals surface area contributed by atoms with Gasteiger partial charge in [-0.25, -0.2) is 0 Å². The zero-order valence-corrected chi connectivity index (χ0v) is 15.0. The topological polar surface area (TPSA) is 23.5 Å². The highest BCUT2D eigenvalue weighted by Gasteiger charge is 2.38. The number of benzene rings is 1. The first-order valence-corrected chi connectivity index (χ1v) is 8.93. The summed E-state index contributed by atoms with van der Waals surface area (Å²) in [4.78, 5) is 2.70. The van der Waals surface area contributed by atoms with Gasteiger partial charge in [-0.05, 0) is 55.3 Å². The highest BCUT2D eigenvalue weighted by Crippen LogP contribution is 2.44. The van der Waals surface area contributed by atoms with Crippen LogP contribution in [0.3, 0.4) is 0 Å². The molecular formula is C17H25BrClNO. The van der Waals surface area contributed by atoms with Gasteiger partial charge in [-0.1, -0.05) is 35.0 Å². The molecule has 1 heterocycles. The smallest absolute Gasteiger partial charge is 0.119 e. The molecule has 21 heavy (non-hydrogen) atoms. The molecule has 1 aromatic carbocycles. The van der Waals surface area contributed by atoms with Gasteiger partial charge in [0.25, 0.3) is 0 Å². The fraction of sp³-hybridized carbons (Fsp3) is 0.647. The molecule has 1 aliphatic carbocycles. The number of halogens is 2. The molecule has 1 aliphatic heterocycles. The van der Waals surface area contributed by atoms with E-state index >= 15 is 0 Å². The molecule has 2 aliphatic rings. The standard InChI is InChI=1S/C17H24BrNO.ClH/c1-12-10-15-13-4-2-5-17(20)14(13)6-7-16(15)19(11-12)9-3-8-18;/h2,4-5,12,15-16,20H,3,6-11H2,1H3;1H. The molecule has 3 unspecified atom stereocenters. The van der Waals surface area contributed by atoms with E-state index < -0.39 is 0 Å². The van der Waals surface area contributed by atoms with Crippen molar-refractivity contribution < 1.29 is 5.11 Å². The summed E-state index contributed by atoms with van der Waals surface area (Å²) in [6.07, 6.45) is 4.72.